The van der Waals surface area contributed by atoms with Crippen LogP contribution in [0.1, 0.15) is 11.4 Å². The van der Waals surface area contributed by atoms with E-state index in [1.54, 1.807) is 0 Å². The lowest BCUT2D eigenvalue weighted by molar-refractivity contribution is 0.261. The molecular weight excluding hydrogens is 272 g/mol. The fourth-order valence-electron chi connectivity index (χ4n) is 1.69. The summed E-state index contributed by atoms with van der Waals surface area (Å²) in [6, 6.07) is 6.03. The average Bonchev–Trinajstić information content (AvgIpc) is 2.72. The predicted molar refractivity (Wildman–Crippen MR) is 75.6 cm³/mol. The Labute approximate surface area is 114 Å². The molecule has 0 fully saturated rings. The summed E-state index contributed by atoms with van der Waals surface area (Å²) >= 11 is 1.19. The van der Waals surface area contributed by atoms with E-state index in [4.69, 9.17) is 0 Å². The molecule has 18 heavy (non-hydrogen) atoms. The van der Waals surface area contributed by atoms with Crippen molar-refractivity contribution >= 4 is 46.2 Å². The van der Waals surface area contributed by atoms with Crippen LogP contribution in [0.25, 0.3) is 11.0 Å². The lowest BCUT2D eigenvalue weighted by Crippen LogP contribution is -2.24. The van der Waals surface area contributed by atoms with Gasteiger partial charge >= 0.3 is 0 Å². The SMILES string of the molecule is Cc1ccc2nc(C3=NNC(=O)SC3)[nH]c2c1.Cl. The largest absolute Gasteiger partial charge is 0.337 e. The second-order valence-electron chi connectivity index (χ2n) is 3.85. The van der Waals surface area contributed by atoms with Crippen molar-refractivity contribution in [3.05, 3.63) is 29.6 Å². The number of H-pyrrole nitrogens is 1. The summed E-state index contributed by atoms with van der Waals surface area (Å²) < 4.78 is 0. The molecule has 0 bridgehead atoms. The molecular formula is C11H11ClN4OS. The van der Waals surface area contributed by atoms with Gasteiger partial charge in [-0.1, -0.05) is 17.8 Å². The summed E-state index contributed by atoms with van der Waals surface area (Å²) in [6.45, 7) is 2.04. The number of carbonyl (C=O) groups is 1. The van der Waals surface area contributed by atoms with Crippen molar-refractivity contribution in [1.82, 2.24) is 15.4 Å². The number of hydrogen-bond acceptors (Lipinski definition) is 4. The number of aromatic amines is 1. The Hall–Kier alpha value is -1.53. The number of hydrogen-bond donors (Lipinski definition) is 2. The number of benzene rings is 1. The lowest BCUT2D eigenvalue weighted by Gasteiger charge is -2.08. The third-order valence-electron chi connectivity index (χ3n) is 2.53. The van der Waals surface area contributed by atoms with Crippen molar-refractivity contribution in [2.75, 3.05) is 5.75 Å². The van der Waals surface area contributed by atoms with Crippen LogP contribution in [0, 0.1) is 6.92 Å². The summed E-state index contributed by atoms with van der Waals surface area (Å²) in [5.74, 6) is 1.27. The van der Waals surface area contributed by atoms with Crippen molar-refractivity contribution in [2.45, 2.75) is 6.92 Å². The van der Waals surface area contributed by atoms with E-state index < -0.39 is 0 Å². The van der Waals surface area contributed by atoms with E-state index in [-0.39, 0.29) is 17.6 Å². The van der Waals surface area contributed by atoms with Crippen molar-refractivity contribution in [3.8, 4) is 0 Å². The van der Waals surface area contributed by atoms with Gasteiger partial charge in [0.25, 0.3) is 5.24 Å². The Kier molecular flexibility index (Phi) is 3.58. The van der Waals surface area contributed by atoms with Crippen LogP contribution < -0.4 is 5.43 Å². The van der Waals surface area contributed by atoms with Gasteiger partial charge in [0.1, 0.15) is 5.71 Å². The highest BCUT2D eigenvalue weighted by Crippen LogP contribution is 2.16. The van der Waals surface area contributed by atoms with Crippen molar-refractivity contribution in [2.24, 2.45) is 5.10 Å². The summed E-state index contributed by atoms with van der Waals surface area (Å²) in [5, 5.41) is 3.88. The number of carbonyl (C=O) groups excluding carboxylic acids is 1. The number of amides is 1. The number of fused-ring (bicyclic) bond motifs is 1. The number of halogens is 1. The Morgan fingerprint density at radius 2 is 2.22 bits per heavy atom. The number of nitrogens with one attached hydrogen (secondary N) is 2. The van der Waals surface area contributed by atoms with Gasteiger partial charge in [-0.3, -0.25) is 4.79 Å². The van der Waals surface area contributed by atoms with E-state index in [0.29, 0.717) is 5.75 Å². The van der Waals surface area contributed by atoms with Crippen LogP contribution >= 0.6 is 24.2 Å². The molecule has 1 aliphatic heterocycles. The highest BCUT2D eigenvalue weighted by Gasteiger charge is 2.16. The van der Waals surface area contributed by atoms with Crippen LogP contribution in [0.4, 0.5) is 4.79 Å². The predicted octanol–water partition coefficient (Wildman–Crippen LogP) is 2.45. The van der Waals surface area contributed by atoms with Gasteiger partial charge in [0.05, 0.1) is 16.8 Å². The molecule has 1 aromatic carbocycles. The minimum Gasteiger partial charge on any atom is -0.337 e. The van der Waals surface area contributed by atoms with Gasteiger partial charge in [-0.15, -0.1) is 12.4 Å². The molecule has 0 atom stereocenters. The summed E-state index contributed by atoms with van der Waals surface area (Å²) in [4.78, 5) is 18.6. The van der Waals surface area contributed by atoms with Crippen LogP contribution in [-0.4, -0.2) is 26.7 Å². The first-order valence-corrected chi connectivity index (χ1v) is 6.17. The van der Waals surface area contributed by atoms with Crippen LogP contribution in [0.2, 0.25) is 0 Å². The monoisotopic (exact) mass is 282 g/mol. The summed E-state index contributed by atoms with van der Waals surface area (Å²) in [5.41, 5.74) is 6.29. The second-order valence-corrected chi connectivity index (χ2v) is 4.80. The quantitative estimate of drug-likeness (QED) is 0.844. The third kappa shape index (κ3) is 2.34. The van der Waals surface area contributed by atoms with E-state index in [9.17, 15) is 4.79 Å². The van der Waals surface area contributed by atoms with Crippen LogP contribution in [0.5, 0.6) is 0 Å². The molecule has 7 heteroatoms. The van der Waals surface area contributed by atoms with Crippen LogP contribution in [-0.2, 0) is 0 Å². The standard InChI is InChI=1S/C11H10N4OS.ClH/c1-6-2-3-7-8(4-6)13-10(12-7)9-5-17-11(16)15-14-9;/h2-4H,5H2,1H3,(H,12,13)(H,15,16);1H. The average molecular weight is 283 g/mol. The normalized spacial score (nSPS) is 14.9. The van der Waals surface area contributed by atoms with Gasteiger partial charge in [0.2, 0.25) is 0 Å². The van der Waals surface area contributed by atoms with Gasteiger partial charge in [0.15, 0.2) is 5.82 Å². The molecule has 0 unspecified atom stereocenters. The number of hydrazone groups is 1. The zero-order chi connectivity index (χ0) is 11.8. The smallest absolute Gasteiger partial charge is 0.299 e. The fraction of sp³-hybridized carbons (Fsp3) is 0.182. The molecule has 2 N–H and O–H groups in total. The lowest BCUT2D eigenvalue weighted by atomic mass is 10.2. The molecule has 2 heterocycles. The maximum absolute atomic E-state index is 11.0. The van der Waals surface area contributed by atoms with Crippen molar-refractivity contribution in [3.63, 3.8) is 0 Å². The second kappa shape index (κ2) is 4.99. The maximum atomic E-state index is 11.0. The Morgan fingerprint density at radius 1 is 1.39 bits per heavy atom. The van der Waals surface area contributed by atoms with Crippen LogP contribution in [0.3, 0.4) is 0 Å². The van der Waals surface area contributed by atoms with Gasteiger partial charge in [-0.25, -0.2) is 10.4 Å². The highest BCUT2D eigenvalue weighted by molar-refractivity contribution is 8.14. The molecule has 0 radical (unpaired) electrons. The third-order valence-corrected chi connectivity index (χ3v) is 3.30. The summed E-state index contributed by atoms with van der Waals surface area (Å²) in [6.07, 6.45) is 0. The molecule has 1 amide bonds. The number of imidazole rings is 1. The van der Waals surface area contributed by atoms with Gasteiger partial charge in [-0.2, -0.15) is 5.10 Å². The van der Waals surface area contributed by atoms with E-state index in [1.807, 2.05) is 25.1 Å². The van der Waals surface area contributed by atoms with Crippen molar-refractivity contribution in [1.29, 1.82) is 0 Å². The van der Waals surface area contributed by atoms with Gasteiger partial charge in [-0.05, 0) is 24.6 Å². The molecule has 1 aliphatic rings. The minimum absolute atomic E-state index is 0. The Balaban J connectivity index is 0.00000120. The molecule has 94 valence electrons. The first kappa shape index (κ1) is 12.9. The molecule has 0 aliphatic carbocycles. The molecule has 0 saturated carbocycles. The number of aryl methyl sites for hydroxylation is 1. The summed E-state index contributed by atoms with van der Waals surface area (Å²) in [7, 11) is 0. The molecule has 2 aromatic rings. The number of nitrogens with zero attached hydrogens (tertiary/aromatic N) is 2. The van der Waals surface area contributed by atoms with E-state index in [0.717, 1.165) is 22.6 Å². The first-order chi connectivity index (χ1) is 8.22. The fourth-order valence-corrected chi connectivity index (χ4v) is 2.27. The topological polar surface area (TPSA) is 70.1 Å². The van der Waals surface area contributed by atoms with E-state index >= 15 is 0 Å². The molecule has 1 aromatic heterocycles. The molecule has 0 saturated heterocycles. The Bertz CT molecular complexity index is 637. The Morgan fingerprint density at radius 3 is 2.94 bits per heavy atom. The van der Waals surface area contributed by atoms with Gasteiger partial charge < -0.3 is 4.98 Å². The highest BCUT2D eigenvalue weighted by atomic mass is 35.5. The minimum atomic E-state index is -0.124. The number of thioether (sulfide) groups is 1. The number of rotatable bonds is 1. The molecule has 3 rings (SSSR count). The zero-order valence-electron chi connectivity index (χ0n) is 9.56. The van der Waals surface area contributed by atoms with Gasteiger partial charge in [0, 0.05) is 0 Å². The van der Waals surface area contributed by atoms with Crippen molar-refractivity contribution < 1.29 is 4.79 Å². The molecule has 5 nitrogen and oxygen atoms in total. The number of aromatic nitrogens is 2. The molecule has 0 spiro atoms. The van der Waals surface area contributed by atoms with Crippen LogP contribution in [0.15, 0.2) is 23.3 Å². The maximum Gasteiger partial charge on any atom is 0.299 e. The zero-order valence-corrected chi connectivity index (χ0v) is 11.2. The van der Waals surface area contributed by atoms with E-state index in [2.05, 4.69) is 20.5 Å². The van der Waals surface area contributed by atoms with E-state index in [1.165, 1.54) is 17.3 Å². The first-order valence-electron chi connectivity index (χ1n) is 5.18.